The number of ether oxygens (including phenoxy) is 1. The number of Topliss-reactive ketones (excluding diaryl/α,β-unsaturated/α-hetero) is 1. The van der Waals surface area contributed by atoms with Gasteiger partial charge in [-0.2, -0.15) is 0 Å². The van der Waals surface area contributed by atoms with Gasteiger partial charge in [-0.3, -0.25) is 9.59 Å². The molecule has 0 bridgehead atoms. The molecule has 1 aromatic heterocycles. The summed E-state index contributed by atoms with van der Waals surface area (Å²) in [7, 11) is 0. The molecule has 0 saturated heterocycles. The normalized spacial score (nSPS) is 10.8. The molecule has 0 unspecified atom stereocenters. The third kappa shape index (κ3) is 6.04. The molecule has 0 aliphatic rings. The molecule has 0 fully saturated rings. The predicted molar refractivity (Wildman–Crippen MR) is 131 cm³/mol. The lowest BCUT2D eigenvalue weighted by atomic mass is 9.99. The summed E-state index contributed by atoms with van der Waals surface area (Å²) in [5.41, 5.74) is 4.55. The number of ketones is 1. The molecule has 2 aromatic carbocycles. The molecule has 168 valence electrons. The Bertz CT molecular complexity index is 1090. The second kappa shape index (κ2) is 11.0. The Balaban J connectivity index is 1.67. The van der Waals surface area contributed by atoms with Crippen molar-refractivity contribution in [3.63, 3.8) is 0 Å². The zero-order chi connectivity index (χ0) is 23.1. The number of nitrogens with one attached hydrogen (secondary N) is 1. The van der Waals surface area contributed by atoms with E-state index in [-0.39, 0.29) is 24.5 Å². The van der Waals surface area contributed by atoms with Crippen molar-refractivity contribution < 1.29 is 14.3 Å². The number of hydrogen-bond donors (Lipinski definition) is 1. The minimum atomic E-state index is -0.196. The van der Waals surface area contributed by atoms with Gasteiger partial charge in [-0.05, 0) is 63.1 Å². The molecule has 6 heteroatoms. The molecule has 5 nitrogen and oxygen atoms in total. The average Bonchev–Trinajstić information content (AvgIpc) is 3.17. The van der Waals surface area contributed by atoms with Gasteiger partial charge in [0.25, 0.3) is 0 Å². The summed E-state index contributed by atoms with van der Waals surface area (Å²) in [6, 6.07) is 13.7. The first-order valence-electron chi connectivity index (χ1n) is 11.0. The highest BCUT2D eigenvalue weighted by atomic mass is 32.1. The standard InChI is InChI=1S/C26H30N2O3S/c1-5-7-23-25(19-10-12-20(13-11-19)31-6-2)28-26(32-23)27-24(30)15-14-22(29)21-16-17(3)8-9-18(21)4/h8-13,16H,5-7,14-15H2,1-4H3,(H,27,28,30). The molecule has 1 amide bonds. The molecule has 0 radical (unpaired) electrons. The van der Waals surface area contributed by atoms with E-state index in [9.17, 15) is 9.59 Å². The van der Waals surface area contributed by atoms with Crippen molar-refractivity contribution in [2.45, 2.75) is 53.4 Å². The molecule has 1 heterocycles. The van der Waals surface area contributed by atoms with Gasteiger partial charge in [0, 0.05) is 28.8 Å². The van der Waals surface area contributed by atoms with E-state index in [0.717, 1.165) is 45.9 Å². The number of anilines is 1. The van der Waals surface area contributed by atoms with Gasteiger partial charge >= 0.3 is 0 Å². The highest BCUT2D eigenvalue weighted by molar-refractivity contribution is 7.16. The summed E-state index contributed by atoms with van der Waals surface area (Å²) < 4.78 is 5.52. The smallest absolute Gasteiger partial charge is 0.226 e. The number of benzene rings is 2. The highest BCUT2D eigenvalue weighted by Gasteiger charge is 2.16. The Morgan fingerprint density at radius 3 is 2.47 bits per heavy atom. The average molecular weight is 451 g/mol. The Labute approximate surface area is 193 Å². The van der Waals surface area contributed by atoms with E-state index in [0.29, 0.717) is 17.3 Å². The van der Waals surface area contributed by atoms with E-state index in [1.165, 1.54) is 11.3 Å². The van der Waals surface area contributed by atoms with Crippen molar-refractivity contribution in [3.05, 3.63) is 64.0 Å². The number of nitrogens with zero attached hydrogens (tertiary/aromatic N) is 1. The van der Waals surface area contributed by atoms with Crippen LogP contribution in [0.4, 0.5) is 5.13 Å². The fourth-order valence-corrected chi connectivity index (χ4v) is 4.58. The number of carbonyl (C=O) groups excluding carboxylic acids is 2. The zero-order valence-electron chi connectivity index (χ0n) is 19.2. The van der Waals surface area contributed by atoms with Crippen LogP contribution in [-0.2, 0) is 11.2 Å². The van der Waals surface area contributed by atoms with E-state index in [4.69, 9.17) is 4.74 Å². The number of amides is 1. The van der Waals surface area contributed by atoms with E-state index in [1.54, 1.807) is 0 Å². The SMILES string of the molecule is CCCc1sc(NC(=O)CCC(=O)c2cc(C)ccc2C)nc1-c1ccc(OCC)cc1. The van der Waals surface area contributed by atoms with Gasteiger partial charge < -0.3 is 10.1 Å². The lowest BCUT2D eigenvalue weighted by molar-refractivity contribution is -0.116. The van der Waals surface area contributed by atoms with Gasteiger partial charge in [-0.15, -0.1) is 11.3 Å². The van der Waals surface area contributed by atoms with Crippen LogP contribution in [0.15, 0.2) is 42.5 Å². The number of carbonyl (C=O) groups is 2. The number of hydrogen-bond acceptors (Lipinski definition) is 5. The van der Waals surface area contributed by atoms with Crippen LogP contribution in [0.25, 0.3) is 11.3 Å². The Kier molecular flexibility index (Phi) is 8.17. The summed E-state index contributed by atoms with van der Waals surface area (Å²) in [4.78, 5) is 30.9. The van der Waals surface area contributed by atoms with Crippen LogP contribution in [0.5, 0.6) is 5.75 Å². The molecule has 0 aliphatic heterocycles. The summed E-state index contributed by atoms with van der Waals surface area (Å²) in [5.74, 6) is 0.617. The molecule has 3 aromatic rings. The molecular weight excluding hydrogens is 420 g/mol. The third-order valence-corrected chi connectivity index (χ3v) is 6.16. The van der Waals surface area contributed by atoms with Gasteiger partial charge in [0.2, 0.25) is 5.91 Å². The maximum absolute atomic E-state index is 12.6. The van der Waals surface area contributed by atoms with E-state index in [2.05, 4.69) is 17.2 Å². The maximum atomic E-state index is 12.6. The van der Waals surface area contributed by atoms with Crippen LogP contribution in [0.2, 0.25) is 0 Å². The van der Waals surface area contributed by atoms with Gasteiger partial charge in [-0.25, -0.2) is 4.98 Å². The van der Waals surface area contributed by atoms with Crippen molar-refractivity contribution in [1.29, 1.82) is 0 Å². The molecule has 32 heavy (non-hydrogen) atoms. The van der Waals surface area contributed by atoms with Crippen LogP contribution in [0, 0.1) is 13.8 Å². The first-order valence-corrected chi connectivity index (χ1v) is 11.9. The third-order valence-electron chi connectivity index (χ3n) is 5.13. The monoisotopic (exact) mass is 450 g/mol. The molecule has 0 spiro atoms. The van der Waals surface area contributed by atoms with Crippen molar-refractivity contribution in [2.75, 3.05) is 11.9 Å². The number of aromatic nitrogens is 1. The minimum Gasteiger partial charge on any atom is -0.494 e. The van der Waals surface area contributed by atoms with E-state index >= 15 is 0 Å². The van der Waals surface area contributed by atoms with Gasteiger partial charge in [0.1, 0.15) is 5.75 Å². The van der Waals surface area contributed by atoms with Gasteiger partial charge in [-0.1, -0.05) is 31.0 Å². The maximum Gasteiger partial charge on any atom is 0.226 e. The predicted octanol–water partition coefficient (Wildman–Crippen LogP) is 6.38. The molecule has 1 N–H and O–H groups in total. The van der Waals surface area contributed by atoms with Crippen molar-refractivity contribution >= 4 is 28.2 Å². The molecular formula is C26H30N2O3S. The Morgan fingerprint density at radius 2 is 1.78 bits per heavy atom. The van der Waals surface area contributed by atoms with Crippen molar-refractivity contribution in [2.24, 2.45) is 0 Å². The van der Waals surface area contributed by atoms with Crippen LogP contribution >= 0.6 is 11.3 Å². The number of rotatable bonds is 10. The Morgan fingerprint density at radius 1 is 1.03 bits per heavy atom. The van der Waals surface area contributed by atoms with Gasteiger partial charge in [0.05, 0.1) is 12.3 Å². The second-order valence-electron chi connectivity index (χ2n) is 7.79. The summed E-state index contributed by atoms with van der Waals surface area (Å²) in [5, 5.41) is 3.46. The fourth-order valence-electron chi connectivity index (χ4n) is 3.48. The summed E-state index contributed by atoms with van der Waals surface area (Å²) in [6.07, 6.45) is 2.19. The number of aryl methyl sites for hydroxylation is 3. The van der Waals surface area contributed by atoms with Gasteiger partial charge in [0.15, 0.2) is 10.9 Å². The molecule has 3 rings (SSSR count). The summed E-state index contributed by atoms with van der Waals surface area (Å²) in [6.45, 7) is 8.58. The molecule has 0 saturated carbocycles. The fraction of sp³-hybridized carbons (Fsp3) is 0.346. The van der Waals surface area contributed by atoms with E-state index in [1.807, 2.05) is 63.2 Å². The topological polar surface area (TPSA) is 68.3 Å². The van der Waals surface area contributed by atoms with Crippen LogP contribution in [0.1, 0.15) is 59.5 Å². The lowest BCUT2D eigenvalue weighted by Gasteiger charge is -2.06. The second-order valence-corrected chi connectivity index (χ2v) is 8.87. The van der Waals surface area contributed by atoms with E-state index < -0.39 is 0 Å². The zero-order valence-corrected chi connectivity index (χ0v) is 20.0. The van der Waals surface area contributed by atoms with Crippen LogP contribution in [-0.4, -0.2) is 23.3 Å². The quantitative estimate of drug-likeness (QED) is 0.364. The first-order chi connectivity index (χ1) is 15.4. The Hall–Kier alpha value is -2.99. The lowest BCUT2D eigenvalue weighted by Crippen LogP contribution is -2.13. The first kappa shape index (κ1) is 23.7. The van der Waals surface area contributed by atoms with Crippen LogP contribution in [0.3, 0.4) is 0 Å². The van der Waals surface area contributed by atoms with Crippen molar-refractivity contribution in [3.8, 4) is 17.0 Å². The minimum absolute atomic E-state index is 0.0118. The van der Waals surface area contributed by atoms with Crippen LogP contribution < -0.4 is 10.1 Å². The molecule has 0 aliphatic carbocycles. The highest BCUT2D eigenvalue weighted by Crippen LogP contribution is 2.33. The summed E-state index contributed by atoms with van der Waals surface area (Å²) >= 11 is 1.50. The number of thiazole rings is 1. The molecule has 0 atom stereocenters. The van der Waals surface area contributed by atoms with Crippen molar-refractivity contribution in [1.82, 2.24) is 4.98 Å². The largest absolute Gasteiger partial charge is 0.494 e.